The summed E-state index contributed by atoms with van der Waals surface area (Å²) in [4.78, 5) is 16.6. The molecule has 1 aromatic carbocycles. The Morgan fingerprint density at radius 3 is 2.62 bits per heavy atom. The van der Waals surface area contributed by atoms with Crippen molar-refractivity contribution in [2.45, 2.75) is 13.5 Å². The van der Waals surface area contributed by atoms with Crippen LogP contribution < -0.4 is 15.6 Å². The van der Waals surface area contributed by atoms with E-state index in [1.807, 2.05) is 17.0 Å². The average Bonchev–Trinajstić information content (AvgIpc) is 2.83. The van der Waals surface area contributed by atoms with Gasteiger partial charge in [0.2, 0.25) is 5.95 Å². The van der Waals surface area contributed by atoms with Crippen molar-refractivity contribution in [3.8, 4) is 0 Å². The maximum Gasteiger partial charge on any atom is 0.245 e. The van der Waals surface area contributed by atoms with Crippen LogP contribution in [0.1, 0.15) is 16.8 Å². The Morgan fingerprint density at radius 1 is 1.12 bits per heavy atom. The smallest absolute Gasteiger partial charge is 0.245 e. The minimum Gasteiger partial charge on any atom is -0.378 e. The molecule has 0 amide bonds. The molecule has 4 rings (SSSR count). The Morgan fingerprint density at radius 2 is 1.91 bits per heavy atom. The molecule has 3 aromatic rings. The van der Waals surface area contributed by atoms with Crippen molar-refractivity contribution in [1.29, 1.82) is 0 Å². The number of hydrogen-bond donors (Lipinski definition) is 2. The van der Waals surface area contributed by atoms with Crippen molar-refractivity contribution >= 4 is 29.4 Å². The molecule has 3 heterocycles. The second-order valence-corrected chi connectivity index (χ2v) is 8.31. The number of hydrogen-bond acceptors (Lipinski definition) is 9. The molecule has 9 nitrogen and oxygen atoms in total. The van der Waals surface area contributed by atoms with Crippen molar-refractivity contribution < 1.29 is 9.13 Å². The zero-order valence-corrected chi connectivity index (χ0v) is 19.6. The van der Waals surface area contributed by atoms with E-state index >= 15 is 0 Å². The predicted octanol–water partition coefficient (Wildman–Crippen LogP) is 3.41. The van der Waals surface area contributed by atoms with Crippen LogP contribution in [-0.4, -0.2) is 66.5 Å². The second-order valence-electron chi connectivity index (χ2n) is 8.31. The summed E-state index contributed by atoms with van der Waals surface area (Å²) in [5, 5.41) is 7.51. The monoisotopic (exact) mass is 464 g/mol. The molecule has 0 aliphatic carbocycles. The van der Waals surface area contributed by atoms with Crippen molar-refractivity contribution in [2.24, 2.45) is 5.10 Å². The molecule has 0 radical (unpaired) electrons. The number of aryl methyl sites for hydroxylation is 1. The fourth-order valence-corrected chi connectivity index (χ4v) is 3.58. The van der Waals surface area contributed by atoms with Crippen molar-refractivity contribution in [2.75, 3.05) is 56.0 Å². The number of hydrazone groups is 1. The highest BCUT2D eigenvalue weighted by atomic mass is 19.1. The Balaban J connectivity index is 1.35. The van der Waals surface area contributed by atoms with Gasteiger partial charge in [0.1, 0.15) is 0 Å². The van der Waals surface area contributed by atoms with Gasteiger partial charge >= 0.3 is 0 Å². The van der Waals surface area contributed by atoms with E-state index in [0.717, 1.165) is 24.1 Å². The van der Waals surface area contributed by atoms with Crippen LogP contribution in [0.25, 0.3) is 0 Å². The number of anilines is 4. The van der Waals surface area contributed by atoms with Gasteiger partial charge in [0.05, 0.1) is 43.2 Å². The van der Waals surface area contributed by atoms with Crippen molar-refractivity contribution in [1.82, 2.24) is 19.9 Å². The summed E-state index contributed by atoms with van der Waals surface area (Å²) >= 11 is 0. The highest BCUT2D eigenvalue weighted by Crippen LogP contribution is 2.21. The first-order chi connectivity index (χ1) is 16.5. The summed E-state index contributed by atoms with van der Waals surface area (Å²) in [5.74, 6) is -0.0104. The third-order valence-corrected chi connectivity index (χ3v) is 5.30. The highest BCUT2D eigenvalue weighted by molar-refractivity contribution is 5.78. The molecule has 0 saturated carbocycles. The SMILES string of the molecule is Cc1cc(Nc2ccc(/C=N/Nc3ncc(F)c(N4CCOCC4)n3)nc2)ccc1CN(C)C. The molecule has 1 saturated heterocycles. The van der Waals surface area contributed by atoms with Crippen LogP contribution >= 0.6 is 0 Å². The number of benzene rings is 1. The Hall–Kier alpha value is -3.63. The number of morpholine rings is 1. The molecule has 10 heteroatoms. The van der Waals surface area contributed by atoms with Gasteiger partial charge < -0.3 is 19.9 Å². The third-order valence-electron chi connectivity index (χ3n) is 5.30. The van der Waals surface area contributed by atoms with Crippen LogP contribution in [0.2, 0.25) is 0 Å². The Kier molecular flexibility index (Phi) is 7.61. The first-order valence-electron chi connectivity index (χ1n) is 11.1. The number of nitrogens with one attached hydrogen (secondary N) is 2. The molecule has 2 aromatic heterocycles. The normalized spacial score (nSPS) is 14.1. The lowest BCUT2D eigenvalue weighted by Crippen LogP contribution is -2.37. The predicted molar refractivity (Wildman–Crippen MR) is 132 cm³/mol. The summed E-state index contributed by atoms with van der Waals surface area (Å²) < 4.78 is 19.4. The summed E-state index contributed by atoms with van der Waals surface area (Å²) in [6.45, 7) is 5.28. The van der Waals surface area contributed by atoms with E-state index in [1.54, 1.807) is 12.4 Å². The Labute approximate surface area is 198 Å². The van der Waals surface area contributed by atoms with E-state index in [9.17, 15) is 4.39 Å². The van der Waals surface area contributed by atoms with Gasteiger partial charge in [-0.25, -0.2) is 14.8 Å². The fraction of sp³-hybridized carbons (Fsp3) is 0.333. The van der Waals surface area contributed by atoms with E-state index < -0.39 is 5.82 Å². The van der Waals surface area contributed by atoms with E-state index in [4.69, 9.17) is 4.74 Å². The molecule has 2 N–H and O–H groups in total. The van der Waals surface area contributed by atoms with E-state index in [2.05, 4.69) is 74.9 Å². The fourth-order valence-electron chi connectivity index (χ4n) is 3.58. The molecule has 0 atom stereocenters. The molecule has 34 heavy (non-hydrogen) atoms. The first-order valence-corrected chi connectivity index (χ1v) is 11.1. The maximum absolute atomic E-state index is 14.1. The van der Waals surface area contributed by atoms with Gasteiger partial charge in [0.15, 0.2) is 11.6 Å². The maximum atomic E-state index is 14.1. The lowest BCUT2D eigenvalue weighted by molar-refractivity contribution is 0.122. The van der Waals surface area contributed by atoms with Gasteiger partial charge in [-0.05, 0) is 56.4 Å². The molecule has 0 bridgehead atoms. The zero-order chi connectivity index (χ0) is 23.9. The topological polar surface area (TPSA) is 90.8 Å². The van der Waals surface area contributed by atoms with Gasteiger partial charge in [-0.2, -0.15) is 10.1 Å². The van der Waals surface area contributed by atoms with Gasteiger partial charge in [0, 0.05) is 25.3 Å². The second kappa shape index (κ2) is 11.0. The summed E-state index contributed by atoms with van der Waals surface area (Å²) in [6, 6.07) is 10.1. The van der Waals surface area contributed by atoms with Crippen LogP contribution in [0.15, 0.2) is 47.8 Å². The van der Waals surface area contributed by atoms with Crippen LogP contribution in [-0.2, 0) is 11.3 Å². The lowest BCUT2D eigenvalue weighted by Gasteiger charge is -2.27. The minimum atomic E-state index is -0.469. The number of pyridine rings is 1. The molecule has 1 aliphatic heterocycles. The standard InChI is InChI=1S/C24H29FN8O/c1-17-12-19(5-4-18(17)16-32(2)3)29-21-7-6-20(26-13-21)14-28-31-24-27-15-22(25)23(30-24)33-8-10-34-11-9-33/h4-7,12-15,29H,8-11,16H2,1-3H3,(H,27,30,31)/b28-14+. The molecule has 0 unspecified atom stereocenters. The number of ether oxygens (including phenoxy) is 1. The third kappa shape index (κ3) is 6.24. The quantitative estimate of drug-likeness (QED) is 0.387. The van der Waals surface area contributed by atoms with Crippen LogP contribution in [0.4, 0.5) is 27.5 Å². The van der Waals surface area contributed by atoms with Crippen molar-refractivity contribution in [3.63, 3.8) is 0 Å². The number of halogens is 1. The van der Waals surface area contributed by atoms with Gasteiger partial charge in [-0.3, -0.25) is 4.98 Å². The highest BCUT2D eigenvalue weighted by Gasteiger charge is 2.17. The molecule has 178 valence electrons. The van der Waals surface area contributed by atoms with Crippen LogP contribution in [0, 0.1) is 12.7 Å². The largest absolute Gasteiger partial charge is 0.378 e. The lowest BCUT2D eigenvalue weighted by atomic mass is 10.1. The van der Waals surface area contributed by atoms with E-state index in [1.165, 1.54) is 11.1 Å². The minimum absolute atomic E-state index is 0.213. The number of aromatic nitrogens is 3. The van der Waals surface area contributed by atoms with Gasteiger partial charge in [-0.1, -0.05) is 6.07 Å². The number of rotatable bonds is 8. The summed E-state index contributed by atoms with van der Waals surface area (Å²) in [7, 11) is 4.13. The molecule has 1 fully saturated rings. The van der Waals surface area contributed by atoms with Gasteiger partial charge in [0.25, 0.3) is 0 Å². The molecular formula is C24H29FN8O. The average molecular weight is 465 g/mol. The first kappa shape index (κ1) is 23.5. The van der Waals surface area contributed by atoms with E-state index in [-0.39, 0.29) is 11.8 Å². The van der Waals surface area contributed by atoms with Crippen molar-refractivity contribution in [3.05, 3.63) is 65.4 Å². The molecule has 0 spiro atoms. The summed E-state index contributed by atoms with van der Waals surface area (Å²) in [5.41, 5.74) is 7.82. The van der Waals surface area contributed by atoms with Gasteiger partial charge in [-0.15, -0.1) is 0 Å². The zero-order valence-electron chi connectivity index (χ0n) is 19.6. The summed E-state index contributed by atoms with van der Waals surface area (Å²) in [6.07, 6.45) is 4.45. The van der Waals surface area contributed by atoms with Crippen LogP contribution in [0.3, 0.4) is 0 Å². The van der Waals surface area contributed by atoms with Crippen LogP contribution in [0.5, 0.6) is 0 Å². The van der Waals surface area contributed by atoms with E-state index in [0.29, 0.717) is 32.0 Å². The Bertz CT molecular complexity index is 1130. The molecule has 1 aliphatic rings. The number of nitrogens with zero attached hydrogens (tertiary/aromatic N) is 6. The molecular weight excluding hydrogens is 435 g/mol.